The van der Waals surface area contributed by atoms with Crippen LogP contribution < -0.4 is 5.01 Å². The molecule has 0 unspecified atom stereocenters. The maximum atomic E-state index is 4.08. The SMILES string of the molecule is CCCCN(CCCC)n1ccnc1. The standard InChI is InChI=1S/C11H21N3/c1-3-5-8-13(9-6-4-2)14-10-7-12-11-14/h7,10-11H,3-6,8-9H2,1-2H3. The smallest absolute Gasteiger partial charge is 0.114 e. The van der Waals surface area contributed by atoms with Crippen LogP contribution in [0.1, 0.15) is 39.5 Å². The number of imidazole rings is 1. The van der Waals surface area contributed by atoms with E-state index in [4.69, 9.17) is 0 Å². The largest absolute Gasteiger partial charge is 0.312 e. The second kappa shape index (κ2) is 6.46. The van der Waals surface area contributed by atoms with E-state index in [2.05, 4.69) is 28.5 Å². The summed E-state index contributed by atoms with van der Waals surface area (Å²) in [7, 11) is 0. The zero-order chi connectivity index (χ0) is 10.2. The minimum Gasteiger partial charge on any atom is -0.312 e. The summed E-state index contributed by atoms with van der Waals surface area (Å²) in [5.74, 6) is 0. The Bertz CT molecular complexity index is 210. The molecule has 0 saturated heterocycles. The molecule has 0 amide bonds. The number of rotatable bonds is 7. The van der Waals surface area contributed by atoms with Crippen molar-refractivity contribution in [2.24, 2.45) is 0 Å². The molecule has 0 aliphatic rings. The summed E-state index contributed by atoms with van der Waals surface area (Å²) in [6.07, 6.45) is 10.7. The maximum Gasteiger partial charge on any atom is 0.114 e. The van der Waals surface area contributed by atoms with E-state index in [0.717, 1.165) is 13.1 Å². The second-order valence-electron chi connectivity index (χ2n) is 3.60. The molecule has 3 heteroatoms. The van der Waals surface area contributed by atoms with Crippen molar-refractivity contribution in [1.82, 2.24) is 9.66 Å². The molecule has 1 aromatic rings. The van der Waals surface area contributed by atoms with Gasteiger partial charge in [0.15, 0.2) is 0 Å². The Kier molecular flexibility index (Phi) is 5.12. The Morgan fingerprint density at radius 3 is 2.21 bits per heavy atom. The van der Waals surface area contributed by atoms with Gasteiger partial charge < -0.3 is 5.01 Å². The van der Waals surface area contributed by atoms with E-state index in [-0.39, 0.29) is 0 Å². The summed E-state index contributed by atoms with van der Waals surface area (Å²) < 4.78 is 2.10. The number of aromatic nitrogens is 2. The van der Waals surface area contributed by atoms with Gasteiger partial charge in [0.1, 0.15) is 6.33 Å². The predicted molar refractivity (Wildman–Crippen MR) is 60.0 cm³/mol. The minimum atomic E-state index is 1.13. The molecule has 80 valence electrons. The van der Waals surface area contributed by atoms with Crippen molar-refractivity contribution in [2.45, 2.75) is 39.5 Å². The Labute approximate surface area is 86.7 Å². The highest BCUT2D eigenvalue weighted by Gasteiger charge is 2.02. The molecular formula is C11H21N3. The summed E-state index contributed by atoms with van der Waals surface area (Å²) in [4.78, 5) is 4.08. The molecule has 1 aromatic heterocycles. The lowest BCUT2D eigenvalue weighted by atomic mass is 10.3. The van der Waals surface area contributed by atoms with E-state index in [1.165, 1.54) is 25.7 Å². The topological polar surface area (TPSA) is 21.1 Å². The van der Waals surface area contributed by atoms with Crippen molar-refractivity contribution in [2.75, 3.05) is 18.1 Å². The summed E-state index contributed by atoms with van der Waals surface area (Å²) in [5, 5.41) is 2.36. The number of nitrogens with zero attached hydrogens (tertiary/aromatic N) is 3. The van der Waals surface area contributed by atoms with Gasteiger partial charge in [0.05, 0.1) is 0 Å². The van der Waals surface area contributed by atoms with Gasteiger partial charge in [-0.1, -0.05) is 26.7 Å². The van der Waals surface area contributed by atoms with Crippen molar-refractivity contribution in [3.8, 4) is 0 Å². The fraction of sp³-hybridized carbons (Fsp3) is 0.727. The molecule has 1 rings (SSSR count). The van der Waals surface area contributed by atoms with Crippen LogP contribution in [-0.2, 0) is 0 Å². The molecule has 14 heavy (non-hydrogen) atoms. The molecule has 0 bridgehead atoms. The van der Waals surface area contributed by atoms with Gasteiger partial charge in [-0.15, -0.1) is 0 Å². The normalized spacial score (nSPS) is 10.4. The molecule has 3 nitrogen and oxygen atoms in total. The van der Waals surface area contributed by atoms with Crippen LogP contribution in [0.4, 0.5) is 0 Å². The first kappa shape index (κ1) is 11.1. The van der Waals surface area contributed by atoms with E-state index in [1.54, 1.807) is 0 Å². The van der Waals surface area contributed by atoms with E-state index in [9.17, 15) is 0 Å². The van der Waals surface area contributed by atoms with Crippen LogP contribution in [-0.4, -0.2) is 22.7 Å². The van der Waals surface area contributed by atoms with E-state index < -0.39 is 0 Å². The zero-order valence-corrected chi connectivity index (χ0v) is 9.32. The number of hydrogen-bond acceptors (Lipinski definition) is 2. The fourth-order valence-corrected chi connectivity index (χ4v) is 1.44. The van der Waals surface area contributed by atoms with Crippen LogP contribution in [0.15, 0.2) is 18.7 Å². The number of unbranched alkanes of at least 4 members (excludes halogenated alkanes) is 2. The van der Waals surface area contributed by atoms with E-state index in [1.807, 2.05) is 18.7 Å². The third-order valence-electron chi connectivity index (χ3n) is 2.36. The van der Waals surface area contributed by atoms with Crippen LogP contribution in [0.25, 0.3) is 0 Å². The highest BCUT2D eigenvalue weighted by Crippen LogP contribution is 1.99. The Balaban J connectivity index is 2.44. The van der Waals surface area contributed by atoms with Gasteiger partial charge in [-0.2, -0.15) is 0 Å². The zero-order valence-electron chi connectivity index (χ0n) is 9.32. The van der Waals surface area contributed by atoms with Gasteiger partial charge in [0.2, 0.25) is 0 Å². The van der Waals surface area contributed by atoms with Crippen LogP contribution in [0.2, 0.25) is 0 Å². The minimum absolute atomic E-state index is 1.13. The molecule has 0 atom stereocenters. The van der Waals surface area contributed by atoms with Crippen LogP contribution in [0.3, 0.4) is 0 Å². The first-order chi connectivity index (χ1) is 6.88. The lowest BCUT2D eigenvalue weighted by Gasteiger charge is -2.25. The quantitative estimate of drug-likeness (QED) is 0.666. The molecular weight excluding hydrogens is 174 g/mol. The molecule has 0 aliphatic carbocycles. The molecule has 0 aromatic carbocycles. The molecule has 0 spiro atoms. The van der Waals surface area contributed by atoms with Gasteiger partial charge in [-0.3, -0.25) is 4.68 Å². The van der Waals surface area contributed by atoms with Crippen molar-refractivity contribution in [3.05, 3.63) is 18.7 Å². The molecule has 1 heterocycles. The highest BCUT2D eigenvalue weighted by molar-refractivity contribution is 4.88. The molecule has 0 saturated carbocycles. The lowest BCUT2D eigenvalue weighted by molar-refractivity contribution is 0.542. The van der Waals surface area contributed by atoms with Crippen LogP contribution >= 0.6 is 0 Å². The van der Waals surface area contributed by atoms with Crippen LogP contribution in [0, 0.1) is 0 Å². The molecule has 0 fully saturated rings. The summed E-state index contributed by atoms with van der Waals surface area (Å²) >= 11 is 0. The fourth-order valence-electron chi connectivity index (χ4n) is 1.44. The molecule has 0 N–H and O–H groups in total. The van der Waals surface area contributed by atoms with Gasteiger partial charge in [0, 0.05) is 25.5 Å². The van der Waals surface area contributed by atoms with Crippen molar-refractivity contribution >= 4 is 0 Å². The van der Waals surface area contributed by atoms with Gasteiger partial charge in [0.25, 0.3) is 0 Å². The summed E-state index contributed by atoms with van der Waals surface area (Å²) in [6, 6.07) is 0. The lowest BCUT2D eigenvalue weighted by Crippen LogP contribution is -2.35. The van der Waals surface area contributed by atoms with Crippen molar-refractivity contribution in [1.29, 1.82) is 0 Å². The van der Waals surface area contributed by atoms with Gasteiger partial charge >= 0.3 is 0 Å². The number of hydrogen-bond donors (Lipinski definition) is 0. The van der Waals surface area contributed by atoms with Gasteiger partial charge in [-0.05, 0) is 12.8 Å². The second-order valence-corrected chi connectivity index (χ2v) is 3.60. The average molecular weight is 195 g/mol. The Morgan fingerprint density at radius 1 is 1.14 bits per heavy atom. The maximum absolute atomic E-state index is 4.08. The summed E-state index contributed by atoms with van der Waals surface area (Å²) in [5.41, 5.74) is 0. The monoisotopic (exact) mass is 195 g/mol. The van der Waals surface area contributed by atoms with Gasteiger partial charge in [-0.25, -0.2) is 4.98 Å². The highest BCUT2D eigenvalue weighted by atomic mass is 15.5. The summed E-state index contributed by atoms with van der Waals surface area (Å²) in [6.45, 7) is 6.72. The Hall–Kier alpha value is -0.990. The predicted octanol–water partition coefficient (Wildman–Crippen LogP) is 2.42. The Morgan fingerprint density at radius 2 is 1.79 bits per heavy atom. The molecule has 0 aliphatic heterocycles. The average Bonchev–Trinajstić information content (AvgIpc) is 2.71. The third-order valence-corrected chi connectivity index (χ3v) is 2.36. The van der Waals surface area contributed by atoms with E-state index >= 15 is 0 Å². The molecule has 0 radical (unpaired) electrons. The first-order valence-corrected chi connectivity index (χ1v) is 5.61. The van der Waals surface area contributed by atoms with E-state index in [0.29, 0.717) is 0 Å². The third kappa shape index (κ3) is 3.40. The van der Waals surface area contributed by atoms with Crippen molar-refractivity contribution in [3.63, 3.8) is 0 Å². The first-order valence-electron chi connectivity index (χ1n) is 5.61. The van der Waals surface area contributed by atoms with Crippen LogP contribution in [0.5, 0.6) is 0 Å². The van der Waals surface area contributed by atoms with Crippen molar-refractivity contribution < 1.29 is 0 Å².